The summed E-state index contributed by atoms with van der Waals surface area (Å²) in [6, 6.07) is 5.55. The van der Waals surface area contributed by atoms with Gasteiger partial charge in [-0.25, -0.2) is 0 Å². The molecule has 0 heterocycles. The van der Waals surface area contributed by atoms with E-state index in [1.807, 2.05) is 31.1 Å². The van der Waals surface area contributed by atoms with E-state index in [4.69, 9.17) is 16.6 Å². The summed E-state index contributed by atoms with van der Waals surface area (Å²) in [7, 11) is 4.82. The zero-order valence-corrected chi connectivity index (χ0v) is 9.04. The van der Waals surface area contributed by atoms with Gasteiger partial charge < -0.3 is 9.92 Å². The monoisotopic (exact) mass is 208 g/mol. The third-order valence-corrected chi connectivity index (χ3v) is 2.26. The molecule has 0 atom stereocenters. The number of hydrogen-bond donors (Lipinski definition) is 1. The van der Waals surface area contributed by atoms with Crippen molar-refractivity contribution in [2.75, 3.05) is 19.0 Å². The van der Waals surface area contributed by atoms with Crippen molar-refractivity contribution in [1.29, 1.82) is 0 Å². The molecular weight excluding hydrogens is 196 g/mol. The van der Waals surface area contributed by atoms with E-state index in [2.05, 4.69) is 6.58 Å². The second-order valence-electron chi connectivity index (χ2n) is 3.21. The molecule has 0 saturated heterocycles. The molecule has 2 nitrogen and oxygen atoms in total. The highest BCUT2D eigenvalue weighted by Crippen LogP contribution is 2.27. The molecule has 0 bridgehead atoms. The molecule has 0 fully saturated rings. The SMILES string of the molecule is C=C([B]O)c1ccc(N(C)C)c(Cl)c1. The van der Waals surface area contributed by atoms with Crippen molar-refractivity contribution in [2.45, 2.75) is 0 Å². The predicted octanol–water partition coefficient (Wildman–Crippen LogP) is 1.99. The van der Waals surface area contributed by atoms with Gasteiger partial charge >= 0.3 is 7.48 Å². The van der Waals surface area contributed by atoms with Crippen LogP contribution in [0.5, 0.6) is 0 Å². The Morgan fingerprint density at radius 1 is 1.50 bits per heavy atom. The molecule has 1 aromatic carbocycles. The maximum absolute atomic E-state index is 8.78. The Bertz CT molecular complexity index is 352. The summed E-state index contributed by atoms with van der Waals surface area (Å²) in [5.74, 6) is 0. The lowest BCUT2D eigenvalue weighted by atomic mass is 9.84. The van der Waals surface area contributed by atoms with Crippen LogP contribution in [0.3, 0.4) is 0 Å². The summed E-state index contributed by atoms with van der Waals surface area (Å²) in [6.07, 6.45) is 0. The first-order chi connectivity index (χ1) is 6.56. The molecule has 0 saturated carbocycles. The van der Waals surface area contributed by atoms with E-state index in [-0.39, 0.29) is 0 Å². The fraction of sp³-hybridized carbons (Fsp3) is 0.200. The van der Waals surface area contributed by atoms with Gasteiger partial charge in [0.2, 0.25) is 0 Å². The highest BCUT2D eigenvalue weighted by Gasteiger charge is 2.05. The van der Waals surface area contributed by atoms with Crippen LogP contribution in [0, 0.1) is 0 Å². The van der Waals surface area contributed by atoms with E-state index in [1.165, 1.54) is 0 Å². The number of anilines is 1. The predicted molar refractivity (Wildman–Crippen MR) is 62.8 cm³/mol. The van der Waals surface area contributed by atoms with Crippen LogP contribution in [-0.2, 0) is 0 Å². The Morgan fingerprint density at radius 3 is 2.57 bits per heavy atom. The smallest absolute Gasteiger partial charge is 0.326 e. The second kappa shape index (κ2) is 4.53. The molecule has 0 aliphatic heterocycles. The van der Waals surface area contributed by atoms with Crippen LogP contribution in [0.4, 0.5) is 5.69 Å². The van der Waals surface area contributed by atoms with Crippen molar-refractivity contribution in [3.63, 3.8) is 0 Å². The van der Waals surface area contributed by atoms with Gasteiger partial charge in [-0.15, -0.1) is 6.58 Å². The molecule has 4 heteroatoms. The van der Waals surface area contributed by atoms with Crippen LogP contribution in [0.25, 0.3) is 5.47 Å². The minimum atomic E-state index is 0.553. The molecular formula is C10H12BClNO. The van der Waals surface area contributed by atoms with Crippen LogP contribution >= 0.6 is 11.6 Å². The number of rotatable bonds is 3. The van der Waals surface area contributed by atoms with Gasteiger partial charge in [-0.1, -0.05) is 23.1 Å². The normalized spacial score (nSPS) is 9.71. The van der Waals surface area contributed by atoms with E-state index in [0.717, 1.165) is 18.7 Å². The minimum Gasteiger partial charge on any atom is -0.450 e. The number of benzene rings is 1. The van der Waals surface area contributed by atoms with Crippen LogP contribution in [0.2, 0.25) is 5.02 Å². The topological polar surface area (TPSA) is 23.5 Å². The molecule has 14 heavy (non-hydrogen) atoms. The van der Waals surface area contributed by atoms with Gasteiger partial charge in [0.15, 0.2) is 0 Å². The van der Waals surface area contributed by atoms with E-state index in [0.29, 0.717) is 10.5 Å². The summed E-state index contributed by atoms with van der Waals surface area (Å²) in [5, 5.41) is 9.43. The Kier molecular flexibility index (Phi) is 3.61. The summed E-state index contributed by atoms with van der Waals surface area (Å²) < 4.78 is 0. The molecule has 0 amide bonds. The standard InChI is InChI=1S/C10H12BClNO/c1-7(11-14)8-4-5-10(13(2)3)9(12)6-8/h4-6,14H,1H2,2-3H3. The zero-order chi connectivity index (χ0) is 10.7. The fourth-order valence-electron chi connectivity index (χ4n) is 1.14. The summed E-state index contributed by atoms with van der Waals surface area (Å²) in [5.41, 5.74) is 2.32. The lowest BCUT2D eigenvalue weighted by molar-refractivity contribution is 0.616. The van der Waals surface area contributed by atoms with E-state index >= 15 is 0 Å². The molecule has 1 aromatic rings. The van der Waals surface area contributed by atoms with Crippen LogP contribution in [-0.4, -0.2) is 26.6 Å². The minimum absolute atomic E-state index is 0.553. The number of halogens is 1. The molecule has 0 aromatic heterocycles. The van der Waals surface area contributed by atoms with Crippen molar-refractivity contribution in [3.8, 4) is 0 Å². The summed E-state index contributed by atoms with van der Waals surface area (Å²) in [4.78, 5) is 1.93. The van der Waals surface area contributed by atoms with Crippen LogP contribution < -0.4 is 4.90 Å². The van der Waals surface area contributed by atoms with Crippen molar-refractivity contribution in [3.05, 3.63) is 35.4 Å². The van der Waals surface area contributed by atoms with Gasteiger partial charge in [0.05, 0.1) is 10.7 Å². The maximum atomic E-state index is 8.78. The highest BCUT2D eigenvalue weighted by molar-refractivity contribution is 6.53. The number of nitrogens with zero attached hydrogens (tertiary/aromatic N) is 1. The van der Waals surface area contributed by atoms with Crippen molar-refractivity contribution >= 4 is 30.2 Å². The summed E-state index contributed by atoms with van der Waals surface area (Å²) in [6.45, 7) is 3.68. The van der Waals surface area contributed by atoms with Crippen LogP contribution in [0.15, 0.2) is 24.8 Å². The molecule has 73 valence electrons. The third kappa shape index (κ3) is 2.31. The lowest BCUT2D eigenvalue weighted by Gasteiger charge is -2.15. The van der Waals surface area contributed by atoms with Gasteiger partial charge in [0.1, 0.15) is 0 Å². The molecule has 1 rings (SSSR count). The first-order valence-corrected chi connectivity index (χ1v) is 4.57. The Labute approximate surface area is 90.1 Å². The molecule has 1 radical (unpaired) electrons. The highest BCUT2D eigenvalue weighted by atomic mass is 35.5. The maximum Gasteiger partial charge on any atom is 0.326 e. The summed E-state index contributed by atoms with van der Waals surface area (Å²) >= 11 is 6.05. The van der Waals surface area contributed by atoms with Gasteiger partial charge in [-0.3, -0.25) is 0 Å². The molecule has 1 N–H and O–H groups in total. The number of hydrogen-bond acceptors (Lipinski definition) is 2. The first kappa shape index (κ1) is 11.2. The molecule has 0 aliphatic rings. The van der Waals surface area contributed by atoms with Crippen molar-refractivity contribution < 1.29 is 5.02 Å². The second-order valence-corrected chi connectivity index (χ2v) is 3.62. The van der Waals surface area contributed by atoms with Crippen molar-refractivity contribution in [2.24, 2.45) is 0 Å². The molecule has 0 spiro atoms. The lowest BCUT2D eigenvalue weighted by Crippen LogP contribution is -2.09. The van der Waals surface area contributed by atoms with E-state index in [9.17, 15) is 0 Å². The van der Waals surface area contributed by atoms with Crippen LogP contribution in [0.1, 0.15) is 5.56 Å². The largest absolute Gasteiger partial charge is 0.450 e. The Balaban J connectivity index is 3.06. The average molecular weight is 208 g/mol. The van der Waals surface area contributed by atoms with Gasteiger partial charge in [-0.2, -0.15) is 0 Å². The fourth-order valence-corrected chi connectivity index (χ4v) is 1.49. The van der Waals surface area contributed by atoms with E-state index in [1.54, 1.807) is 6.07 Å². The zero-order valence-electron chi connectivity index (χ0n) is 8.29. The molecule has 0 unspecified atom stereocenters. The quantitative estimate of drug-likeness (QED) is 0.768. The van der Waals surface area contributed by atoms with Gasteiger partial charge in [0, 0.05) is 14.1 Å². The van der Waals surface area contributed by atoms with Gasteiger partial charge in [-0.05, 0) is 17.7 Å². The van der Waals surface area contributed by atoms with E-state index < -0.39 is 0 Å². The third-order valence-electron chi connectivity index (χ3n) is 1.96. The Morgan fingerprint density at radius 2 is 2.14 bits per heavy atom. The Hall–Kier alpha value is -0.925. The first-order valence-electron chi connectivity index (χ1n) is 4.20. The van der Waals surface area contributed by atoms with Gasteiger partial charge in [0.25, 0.3) is 0 Å². The average Bonchev–Trinajstić information content (AvgIpc) is 2.15. The van der Waals surface area contributed by atoms with Crippen molar-refractivity contribution in [1.82, 2.24) is 0 Å². The molecule has 0 aliphatic carbocycles.